The molecule has 0 bridgehead atoms. The van der Waals surface area contributed by atoms with Crippen LogP contribution in [0.15, 0.2) is 84.7 Å². The molecule has 4 aromatic rings. The summed E-state index contributed by atoms with van der Waals surface area (Å²) in [5.41, 5.74) is 6.96. The van der Waals surface area contributed by atoms with Gasteiger partial charge >= 0.3 is 5.97 Å². The quantitative estimate of drug-likeness (QED) is 0.207. The number of rotatable bonds is 2. The topological polar surface area (TPSA) is 58.8 Å². The molecule has 0 radical (unpaired) electrons. The van der Waals surface area contributed by atoms with E-state index >= 15 is 0 Å². The highest BCUT2D eigenvalue weighted by atomic mass is 35.6. The summed E-state index contributed by atoms with van der Waals surface area (Å²) in [6, 6.07) is 16.9. The van der Waals surface area contributed by atoms with E-state index < -0.39 is 15.5 Å². The summed E-state index contributed by atoms with van der Waals surface area (Å²) in [7, 11) is 0. The molecule has 0 spiro atoms. The lowest BCUT2D eigenvalue weighted by molar-refractivity contribution is 0.0699. The van der Waals surface area contributed by atoms with Crippen molar-refractivity contribution in [3.63, 3.8) is 0 Å². The zero-order valence-corrected chi connectivity index (χ0v) is 21.4. The van der Waals surface area contributed by atoms with Crippen molar-refractivity contribution in [3.05, 3.63) is 107 Å². The van der Waals surface area contributed by atoms with Gasteiger partial charge in [0.15, 0.2) is 0 Å². The summed E-state index contributed by atoms with van der Waals surface area (Å²) in [5, 5.41) is 10.9. The zero-order valence-electron chi connectivity index (χ0n) is 19.2. The summed E-state index contributed by atoms with van der Waals surface area (Å²) in [6.45, 7) is 0. The average Bonchev–Trinajstić information content (AvgIpc) is 3.32. The van der Waals surface area contributed by atoms with Crippen LogP contribution in [0.5, 0.6) is 0 Å². The SMILES string of the molecule is O=C(O)c1ccn2ccccc12.O=C(c1ccc2ccc3c(c2c1)CCC1=C3C=CCC1)C(Cl)(Cl)Cl. The van der Waals surface area contributed by atoms with Gasteiger partial charge in [0.25, 0.3) is 3.79 Å². The number of carbonyl (C=O) groups is 2. The number of hydrogen-bond donors (Lipinski definition) is 1. The molecule has 2 aliphatic rings. The number of allylic oxidation sites excluding steroid dienone is 4. The van der Waals surface area contributed by atoms with E-state index in [9.17, 15) is 9.59 Å². The van der Waals surface area contributed by atoms with Crippen LogP contribution >= 0.6 is 34.8 Å². The Labute approximate surface area is 223 Å². The van der Waals surface area contributed by atoms with Gasteiger partial charge in [0.2, 0.25) is 5.78 Å². The third kappa shape index (κ3) is 4.69. The second-order valence-corrected chi connectivity index (χ2v) is 11.1. The molecule has 182 valence electrons. The molecule has 4 nitrogen and oxygen atoms in total. The van der Waals surface area contributed by atoms with Crippen LogP contribution in [0.4, 0.5) is 0 Å². The monoisotopic (exact) mass is 537 g/mol. The summed E-state index contributed by atoms with van der Waals surface area (Å²) < 4.78 is -0.145. The van der Waals surface area contributed by atoms with Crippen molar-refractivity contribution in [1.29, 1.82) is 0 Å². The number of carbonyl (C=O) groups excluding carboxylic acids is 1. The Hall–Kier alpha value is -3.05. The Bertz CT molecular complexity index is 1570. The number of carboxylic acid groups (broad SMARTS) is 1. The number of Topliss-reactive ketones (excluding diaryl/α,β-unsaturated/α-hetero) is 1. The van der Waals surface area contributed by atoms with Crippen molar-refractivity contribution in [2.24, 2.45) is 0 Å². The number of alkyl halides is 3. The fraction of sp³-hybridized carbons (Fsp3) is 0.172. The van der Waals surface area contributed by atoms with Crippen LogP contribution in [-0.4, -0.2) is 25.1 Å². The molecule has 7 heteroatoms. The fourth-order valence-electron chi connectivity index (χ4n) is 4.97. The van der Waals surface area contributed by atoms with Gasteiger partial charge in [-0.25, -0.2) is 4.79 Å². The van der Waals surface area contributed by atoms with Crippen LogP contribution in [0.2, 0.25) is 0 Å². The van der Waals surface area contributed by atoms with Gasteiger partial charge in [0, 0.05) is 18.0 Å². The number of pyridine rings is 1. The Morgan fingerprint density at radius 3 is 2.50 bits per heavy atom. The zero-order chi connectivity index (χ0) is 25.4. The molecule has 2 aromatic heterocycles. The Balaban J connectivity index is 0.000000186. The minimum atomic E-state index is -1.93. The molecular weight excluding hydrogens is 517 g/mol. The Kier molecular flexibility index (Phi) is 6.69. The molecule has 2 aliphatic carbocycles. The maximum Gasteiger partial charge on any atom is 0.337 e. The molecule has 0 fully saturated rings. The van der Waals surface area contributed by atoms with Crippen LogP contribution < -0.4 is 0 Å². The Morgan fingerprint density at radius 1 is 0.917 bits per heavy atom. The lowest BCUT2D eigenvalue weighted by atomic mass is 9.79. The largest absolute Gasteiger partial charge is 0.478 e. The summed E-state index contributed by atoms with van der Waals surface area (Å²) in [6.07, 6.45) is 12.4. The highest BCUT2D eigenvalue weighted by Gasteiger charge is 2.32. The van der Waals surface area contributed by atoms with E-state index in [4.69, 9.17) is 39.9 Å². The number of hydrogen-bond acceptors (Lipinski definition) is 2. The summed E-state index contributed by atoms with van der Waals surface area (Å²) >= 11 is 17.3. The average molecular weight is 539 g/mol. The summed E-state index contributed by atoms with van der Waals surface area (Å²) in [5.74, 6) is -1.37. The molecule has 36 heavy (non-hydrogen) atoms. The lowest BCUT2D eigenvalue weighted by Gasteiger charge is -2.25. The molecule has 0 amide bonds. The van der Waals surface area contributed by atoms with Crippen LogP contribution in [0.1, 0.15) is 51.1 Å². The highest BCUT2D eigenvalue weighted by Crippen LogP contribution is 2.40. The first-order valence-electron chi connectivity index (χ1n) is 11.6. The number of nitrogens with zero attached hydrogens (tertiary/aromatic N) is 1. The van der Waals surface area contributed by atoms with Gasteiger partial charge < -0.3 is 9.51 Å². The van der Waals surface area contributed by atoms with Gasteiger partial charge in [-0.3, -0.25) is 4.79 Å². The molecule has 0 aliphatic heterocycles. The van der Waals surface area contributed by atoms with E-state index in [1.165, 1.54) is 22.3 Å². The van der Waals surface area contributed by atoms with E-state index in [1.54, 1.807) is 28.8 Å². The van der Waals surface area contributed by atoms with Gasteiger partial charge in [-0.05, 0) is 77.4 Å². The molecule has 0 atom stereocenters. The second kappa shape index (κ2) is 9.78. The van der Waals surface area contributed by atoms with Crippen molar-refractivity contribution in [1.82, 2.24) is 4.40 Å². The van der Waals surface area contributed by atoms with Crippen molar-refractivity contribution in [3.8, 4) is 0 Å². The first kappa shape index (κ1) is 24.6. The molecule has 0 saturated heterocycles. The number of benzene rings is 2. The normalized spacial score (nSPS) is 14.8. The van der Waals surface area contributed by atoms with E-state index in [1.807, 2.05) is 30.5 Å². The van der Waals surface area contributed by atoms with Gasteiger partial charge in [-0.15, -0.1) is 0 Å². The second-order valence-electron chi connectivity index (χ2n) is 8.84. The molecule has 2 aromatic carbocycles. The molecule has 6 rings (SSSR count). The lowest BCUT2D eigenvalue weighted by Crippen LogP contribution is -2.18. The van der Waals surface area contributed by atoms with Gasteiger partial charge in [-0.1, -0.05) is 82.9 Å². The molecular formula is C29H22Cl3NO3. The Morgan fingerprint density at radius 2 is 1.72 bits per heavy atom. The predicted molar refractivity (Wildman–Crippen MR) is 147 cm³/mol. The van der Waals surface area contributed by atoms with Gasteiger partial charge in [0.1, 0.15) is 0 Å². The molecule has 2 heterocycles. The van der Waals surface area contributed by atoms with Crippen molar-refractivity contribution >= 4 is 68.4 Å². The van der Waals surface area contributed by atoms with E-state index in [2.05, 4.69) is 24.3 Å². The van der Waals surface area contributed by atoms with Gasteiger partial charge in [-0.2, -0.15) is 0 Å². The number of halogens is 3. The molecule has 0 saturated carbocycles. The molecule has 0 unspecified atom stereocenters. The molecule has 1 N–H and O–H groups in total. The number of fused-ring (bicyclic) bond motifs is 5. The number of aryl methyl sites for hydroxylation is 1. The van der Waals surface area contributed by atoms with E-state index in [0.717, 1.165) is 42.0 Å². The number of carboxylic acids is 1. The minimum Gasteiger partial charge on any atom is -0.478 e. The highest BCUT2D eigenvalue weighted by molar-refractivity contribution is 6.77. The predicted octanol–water partition coefficient (Wildman–Crippen LogP) is 8.08. The van der Waals surface area contributed by atoms with Gasteiger partial charge in [0.05, 0.1) is 11.1 Å². The third-order valence-corrected chi connectivity index (χ3v) is 7.21. The van der Waals surface area contributed by atoms with Crippen molar-refractivity contribution < 1.29 is 14.7 Å². The van der Waals surface area contributed by atoms with Crippen LogP contribution in [0.25, 0.3) is 21.9 Å². The fourth-order valence-corrected chi connectivity index (χ4v) is 5.30. The third-order valence-electron chi connectivity index (χ3n) is 6.70. The van der Waals surface area contributed by atoms with Crippen LogP contribution in [0.3, 0.4) is 0 Å². The number of aromatic carboxylic acids is 1. The smallest absolute Gasteiger partial charge is 0.337 e. The maximum absolute atomic E-state index is 12.3. The first-order chi connectivity index (χ1) is 17.2. The minimum absolute atomic E-state index is 0.343. The standard InChI is InChI=1S/C20H15Cl3O.C9H7NO2/c21-20(22,23)19(24)14-6-5-13-8-9-16-15-4-2-1-3-12(15)7-10-17(16)18(13)11-14;11-9(12)7-4-6-10-5-2-1-3-8(7)10/h2,4-6,8-9,11H,1,3,7,10H2;1-6H,(H,11,12). The van der Waals surface area contributed by atoms with E-state index in [-0.39, 0.29) is 0 Å². The first-order valence-corrected chi connectivity index (χ1v) is 12.7. The number of aromatic nitrogens is 1. The number of ketones is 1. The maximum atomic E-state index is 12.3. The summed E-state index contributed by atoms with van der Waals surface area (Å²) in [4.78, 5) is 23.0. The van der Waals surface area contributed by atoms with E-state index in [0.29, 0.717) is 11.1 Å². The van der Waals surface area contributed by atoms with Crippen LogP contribution in [0, 0.1) is 0 Å². The van der Waals surface area contributed by atoms with Crippen molar-refractivity contribution in [2.45, 2.75) is 29.5 Å². The van der Waals surface area contributed by atoms with Crippen molar-refractivity contribution in [2.75, 3.05) is 0 Å². The van der Waals surface area contributed by atoms with Crippen LogP contribution in [-0.2, 0) is 6.42 Å².